The molecule has 6 heteroatoms. The predicted molar refractivity (Wildman–Crippen MR) is 92.5 cm³/mol. The third-order valence-electron chi connectivity index (χ3n) is 4.81. The molecule has 0 fully saturated rings. The number of fused-ring (bicyclic) bond motifs is 1. The van der Waals surface area contributed by atoms with Gasteiger partial charge in [0, 0.05) is 56.5 Å². The molecule has 0 spiro atoms. The summed E-state index contributed by atoms with van der Waals surface area (Å²) in [6.07, 6.45) is 5.66. The van der Waals surface area contributed by atoms with E-state index in [0.29, 0.717) is 0 Å². The molecule has 2 aromatic heterocycles. The first-order valence-electron chi connectivity index (χ1n) is 8.46. The zero-order valence-electron chi connectivity index (χ0n) is 14.0. The monoisotopic (exact) mass is 322 g/mol. The molecule has 4 rings (SSSR count). The maximum Gasteiger partial charge on any atom is 0.119 e. The second-order valence-corrected chi connectivity index (χ2v) is 6.30. The number of nitrogens with zero attached hydrogens (tertiary/aromatic N) is 6. The first kappa shape index (κ1) is 15.1. The van der Waals surface area contributed by atoms with E-state index in [2.05, 4.69) is 57.2 Å². The summed E-state index contributed by atoms with van der Waals surface area (Å²) in [5.74, 6) is 0. The molecule has 0 unspecified atom stereocenters. The smallest absolute Gasteiger partial charge is 0.119 e. The van der Waals surface area contributed by atoms with Gasteiger partial charge >= 0.3 is 0 Å². The van der Waals surface area contributed by atoms with E-state index in [1.165, 1.54) is 16.8 Å². The SMILES string of the molecule is Cn1nc(-c2ccccc2)c2c1CCN(CCn1cnnc1)CC2. The lowest BCUT2D eigenvalue weighted by Gasteiger charge is -2.19. The maximum absolute atomic E-state index is 4.79. The number of benzene rings is 1. The molecule has 0 amide bonds. The number of rotatable bonds is 4. The third kappa shape index (κ3) is 2.97. The molecule has 1 aliphatic heterocycles. The fourth-order valence-electron chi connectivity index (χ4n) is 3.47. The van der Waals surface area contributed by atoms with E-state index in [0.717, 1.165) is 44.7 Å². The molecule has 24 heavy (non-hydrogen) atoms. The quantitative estimate of drug-likeness (QED) is 0.735. The van der Waals surface area contributed by atoms with Crippen molar-refractivity contribution >= 4 is 0 Å². The van der Waals surface area contributed by atoms with Gasteiger partial charge in [-0.25, -0.2) is 0 Å². The van der Waals surface area contributed by atoms with E-state index in [9.17, 15) is 0 Å². The minimum absolute atomic E-state index is 0.938. The van der Waals surface area contributed by atoms with Gasteiger partial charge in [-0.2, -0.15) is 5.10 Å². The molecule has 0 saturated carbocycles. The summed E-state index contributed by atoms with van der Waals surface area (Å²) in [6.45, 7) is 4.11. The molecule has 0 bridgehead atoms. The fourth-order valence-corrected chi connectivity index (χ4v) is 3.47. The normalized spacial score (nSPS) is 15.2. The summed E-state index contributed by atoms with van der Waals surface area (Å²) in [6, 6.07) is 10.5. The summed E-state index contributed by atoms with van der Waals surface area (Å²) >= 11 is 0. The van der Waals surface area contributed by atoms with Crippen LogP contribution in [0.5, 0.6) is 0 Å². The van der Waals surface area contributed by atoms with Crippen molar-refractivity contribution in [2.75, 3.05) is 19.6 Å². The Morgan fingerprint density at radius 3 is 2.50 bits per heavy atom. The predicted octanol–water partition coefficient (Wildman–Crippen LogP) is 1.78. The lowest BCUT2D eigenvalue weighted by molar-refractivity contribution is 0.274. The van der Waals surface area contributed by atoms with Gasteiger partial charge in [0.25, 0.3) is 0 Å². The molecule has 0 aliphatic carbocycles. The Morgan fingerprint density at radius 2 is 1.71 bits per heavy atom. The van der Waals surface area contributed by atoms with E-state index < -0.39 is 0 Å². The standard InChI is InChI=1S/C18H22N6/c1-22-17-8-10-23(11-12-24-13-19-20-14-24)9-7-16(17)18(21-22)15-5-3-2-4-6-15/h2-6,13-14H,7-12H2,1H3. The Morgan fingerprint density at radius 1 is 0.958 bits per heavy atom. The van der Waals surface area contributed by atoms with Crippen LogP contribution in [0, 0.1) is 0 Å². The highest BCUT2D eigenvalue weighted by atomic mass is 15.3. The van der Waals surface area contributed by atoms with Gasteiger partial charge in [0.1, 0.15) is 12.7 Å². The Kier molecular flexibility index (Phi) is 4.13. The lowest BCUT2D eigenvalue weighted by Crippen LogP contribution is -2.30. The van der Waals surface area contributed by atoms with Crippen molar-refractivity contribution in [3.05, 3.63) is 54.2 Å². The topological polar surface area (TPSA) is 51.8 Å². The largest absolute Gasteiger partial charge is 0.319 e. The summed E-state index contributed by atoms with van der Waals surface area (Å²) in [7, 11) is 2.07. The summed E-state index contributed by atoms with van der Waals surface area (Å²) in [5, 5.41) is 12.5. The molecule has 0 radical (unpaired) electrons. The molecule has 3 aromatic rings. The van der Waals surface area contributed by atoms with Gasteiger partial charge in [0.2, 0.25) is 0 Å². The van der Waals surface area contributed by atoms with E-state index >= 15 is 0 Å². The van der Waals surface area contributed by atoms with Crippen LogP contribution in [0.25, 0.3) is 11.3 Å². The van der Waals surface area contributed by atoms with Gasteiger partial charge in [-0.1, -0.05) is 30.3 Å². The molecule has 1 aliphatic rings. The van der Waals surface area contributed by atoms with Gasteiger partial charge in [0.15, 0.2) is 0 Å². The highest BCUT2D eigenvalue weighted by Gasteiger charge is 2.21. The Hall–Kier alpha value is -2.47. The molecule has 3 heterocycles. The number of hydrogen-bond donors (Lipinski definition) is 0. The average Bonchev–Trinajstić information content (AvgIpc) is 3.18. The minimum Gasteiger partial charge on any atom is -0.319 e. The van der Waals surface area contributed by atoms with Crippen LogP contribution in [0.3, 0.4) is 0 Å². The molecule has 1 aromatic carbocycles. The molecule has 0 atom stereocenters. The number of aromatic nitrogens is 5. The van der Waals surface area contributed by atoms with Crippen LogP contribution in [0.4, 0.5) is 0 Å². The molecule has 124 valence electrons. The summed E-state index contributed by atoms with van der Waals surface area (Å²) in [4.78, 5) is 2.52. The average molecular weight is 322 g/mol. The van der Waals surface area contributed by atoms with Crippen molar-refractivity contribution in [1.29, 1.82) is 0 Å². The number of aryl methyl sites for hydroxylation is 1. The second kappa shape index (κ2) is 6.57. The van der Waals surface area contributed by atoms with Crippen molar-refractivity contribution in [2.24, 2.45) is 7.05 Å². The Bertz CT molecular complexity index is 791. The number of hydrogen-bond acceptors (Lipinski definition) is 4. The highest BCUT2D eigenvalue weighted by Crippen LogP contribution is 2.27. The van der Waals surface area contributed by atoms with Crippen molar-refractivity contribution in [3.63, 3.8) is 0 Å². The zero-order valence-corrected chi connectivity index (χ0v) is 14.0. The van der Waals surface area contributed by atoms with E-state index in [4.69, 9.17) is 5.10 Å². The van der Waals surface area contributed by atoms with E-state index in [1.54, 1.807) is 12.7 Å². The first-order valence-corrected chi connectivity index (χ1v) is 8.46. The molecule has 6 nitrogen and oxygen atoms in total. The van der Waals surface area contributed by atoms with E-state index in [-0.39, 0.29) is 0 Å². The Labute approximate surface area is 141 Å². The van der Waals surface area contributed by atoms with Gasteiger partial charge in [0.05, 0.1) is 5.69 Å². The molecule has 0 saturated heterocycles. The van der Waals surface area contributed by atoms with Crippen LogP contribution in [0.2, 0.25) is 0 Å². The Balaban J connectivity index is 1.51. The second-order valence-electron chi connectivity index (χ2n) is 6.30. The molecular formula is C18H22N6. The van der Waals surface area contributed by atoms with Crippen LogP contribution in [-0.2, 0) is 26.4 Å². The highest BCUT2D eigenvalue weighted by molar-refractivity contribution is 5.64. The van der Waals surface area contributed by atoms with Crippen LogP contribution in [-0.4, -0.2) is 49.1 Å². The molecular weight excluding hydrogens is 300 g/mol. The van der Waals surface area contributed by atoms with E-state index in [1.807, 2.05) is 4.57 Å². The van der Waals surface area contributed by atoms with Gasteiger partial charge in [-0.05, 0) is 6.42 Å². The van der Waals surface area contributed by atoms with Crippen molar-refractivity contribution < 1.29 is 0 Å². The van der Waals surface area contributed by atoms with Crippen molar-refractivity contribution in [2.45, 2.75) is 19.4 Å². The fraction of sp³-hybridized carbons (Fsp3) is 0.389. The van der Waals surface area contributed by atoms with Crippen LogP contribution in [0.15, 0.2) is 43.0 Å². The van der Waals surface area contributed by atoms with Crippen LogP contribution in [0.1, 0.15) is 11.3 Å². The van der Waals surface area contributed by atoms with Crippen LogP contribution < -0.4 is 0 Å². The van der Waals surface area contributed by atoms with Gasteiger partial charge in [-0.3, -0.25) is 4.68 Å². The minimum atomic E-state index is 0.938. The van der Waals surface area contributed by atoms with Crippen molar-refractivity contribution in [3.8, 4) is 11.3 Å². The van der Waals surface area contributed by atoms with Crippen LogP contribution >= 0.6 is 0 Å². The molecule has 0 N–H and O–H groups in total. The zero-order chi connectivity index (χ0) is 16.4. The first-order chi connectivity index (χ1) is 11.8. The summed E-state index contributed by atoms with van der Waals surface area (Å²) < 4.78 is 4.11. The van der Waals surface area contributed by atoms with Crippen molar-refractivity contribution in [1.82, 2.24) is 29.4 Å². The maximum atomic E-state index is 4.79. The third-order valence-corrected chi connectivity index (χ3v) is 4.81. The van der Waals surface area contributed by atoms with Gasteiger partial charge < -0.3 is 9.47 Å². The summed E-state index contributed by atoms with van der Waals surface area (Å²) in [5.41, 5.74) is 5.15. The van der Waals surface area contributed by atoms with Gasteiger partial charge in [-0.15, -0.1) is 10.2 Å². The lowest BCUT2D eigenvalue weighted by atomic mass is 10.0.